The number of hydrogen-bond acceptors (Lipinski definition) is 5. The Bertz CT molecular complexity index is 1110. The Morgan fingerprint density at radius 1 is 1.23 bits per heavy atom. The normalized spacial score (nSPS) is 20.4. The van der Waals surface area contributed by atoms with Crippen LogP contribution in [0.3, 0.4) is 0 Å². The molecule has 0 saturated carbocycles. The lowest BCUT2D eigenvalue weighted by Crippen LogP contribution is -2.38. The molecule has 1 N–H and O–H groups in total. The van der Waals surface area contributed by atoms with E-state index in [1.54, 1.807) is 48.7 Å². The fourth-order valence-electron chi connectivity index (χ4n) is 4.77. The summed E-state index contributed by atoms with van der Waals surface area (Å²) in [5.41, 5.74) is 2.15. The minimum atomic E-state index is -3.63. The van der Waals surface area contributed by atoms with E-state index in [2.05, 4.69) is 36.6 Å². The Balaban J connectivity index is 1.65. The third-order valence-corrected chi connectivity index (χ3v) is 8.39. The molecule has 1 amide bonds. The van der Waals surface area contributed by atoms with Crippen LogP contribution in [0.4, 0.5) is 0 Å². The molecular formula is C27H37N3O4S. The first kappa shape index (κ1) is 26.9. The van der Waals surface area contributed by atoms with E-state index in [4.69, 9.17) is 4.74 Å². The van der Waals surface area contributed by atoms with Gasteiger partial charge < -0.3 is 9.64 Å². The summed E-state index contributed by atoms with van der Waals surface area (Å²) in [4.78, 5) is 19.1. The zero-order valence-electron chi connectivity index (χ0n) is 21.3. The number of nitrogens with one attached hydrogen (secondary N) is 1. The molecule has 0 spiro atoms. The van der Waals surface area contributed by atoms with Crippen LogP contribution in [0.2, 0.25) is 0 Å². The summed E-state index contributed by atoms with van der Waals surface area (Å²) in [6, 6.07) is 10.2. The van der Waals surface area contributed by atoms with Crippen molar-refractivity contribution in [3.63, 3.8) is 0 Å². The van der Waals surface area contributed by atoms with E-state index in [-0.39, 0.29) is 28.6 Å². The molecular weight excluding hydrogens is 462 g/mol. The number of hydrogen-bond donors (Lipinski definition) is 1. The van der Waals surface area contributed by atoms with Gasteiger partial charge in [0.05, 0.1) is 12.0 Å². The standard InChI is InChI=1S/C27H37N3O4S/c1-19(2)26-14-22(15-27(31)30(4)18-21-7-6-12-28-16-21)20(3)13-23(26)17-29-35(32,33)25-10-8-24(34-5)9-11-25/h6-13,16,19,22-23,26,29H,14-15,17-18H2,1-5H3/t22-,23-,26-/m0/s1. The molecule has 0 aliphatic heterocycles. The molecule has 35 heavy (non-hydrogen) atoms. The summed E-state index contributed by atoms with van der Waals surface area (Å²) in [5, 5.41) is 0. The van der Waals surface area contributed by atoms with Gasteiger partial charge in [0, 0.05) is 39.0 Å². The van der Waals surface area contributed by atoms with Crippen LogP contribution in [0, 0.1) is 23.7 Å². The maximum absolute atomic E-state index is 13.0. The zero-order chi connectivity index (χ0) is 25.6. The van der Waals surface area contributed by atoms with E-state index in [0.29, 0.717) is 31.2 Å². The monoisotopic (exact) mass is 499 g/mol. The summed E-state index contributed by atoms with van der Waals surface area (Å²) in [6.45, 7) is 7.25. The molecule has 0 radical (unpaired) electrons. The summed E-state index contributed by atoms with van der Waals surface area (Å²) >= 11 is 0. The molecule has 8 heteroatoms. The van der Waals surface area contributed by atoms with Crippen LogP contribution in [0.1, 0.15) is 39.2 Å². The number of sulfonamides is 1. The van der Waals surface area contributed by atoms with Gasteiger partial charge in [-0.3, -0.25) is 9.78 Å². The summed E-state index contributed by atoms with van der Waals surface area (Å²) in [6.07, 6.45) is 6.99. The number of benzene rings is 1. The van der Waals surface area contributed by atoms with Gasteiger partial charge in [0.15, 0.2) is 0 Å². The SMILES string of the molecule is COc1ccc(S(=O)(=O)NC[C@@H]2C=C(C)[C@H](CC(=O)N(C)Cc3cccnc3)C[C@H]2C(C)C)cc1. The van der Waals surface area contributed by atoms with Gasteiger partial charge >= 0.3 is 0 Å². The minimum absolute atomic E-state index is 0.0718. The van der Waals surface area contributed by atoms with E-state index < -0.39 is 10.0 Å². The number of pyridine rings is 1. The number of aromatic nitrogens is 1. The zero-order valence-corrected chi connectivity index (χ0v) is 22.1. The highest BCUT2D eigenvalue weighted by Crippen LogP contribution is 2.39. The van der Waals surface area contributed by atoms with Gasteiger partial charge in [-0.25, -0.2) is 13.1 Å². The van der Waals surface area contributed by atoms with Crippen molar-refractivity contribution < 1.29 is 17.9 Å². The molecule has 1 aliphatic carbocycles. The van der Waals surface area contributed by atoms with Crippen LogP contribution in [-0.4, -0.2) is 44.9 Å². The fourth-order valence-corrected chi connectivity index (χ4v) is 5.85. The lowest BCUT2D eigenvalue weighted by molar-refractivity contribution is -0.131. The highest BCUT2D eigenvalue weighted by molar-refractivity contribution is 7.89. The summed E-state index contributed by atoms with van der Waals surface area (Å²) in [5.74, 6) is 1.58. The average Bonchev–Trinajstić information content (AvgIpc) is 2.84. The molecule has 1 heterocycles. The van der Waals surface area contributed by atoms with Crippen LogP contribution in [0.5, 0.6) is 5.75 Å². The molecule has 0 saturated heterocycles. The number of allylic oxidation sites excluding steroid dienone is 1. The molecule has 2 aromatic rings. The molecule has 0 unspecified atom stereocenters. The Kier molecular flexibility index (Phi) is 9.08. The van der Waals surface area contributed by atoms with Gasteiger partial charge in [0.1, 0.15) is 5.75 Å². The van der Waals surface area contributed by atoms with Crippen molar-refractivity contribution in [1.29, 1.82) is 0 Å². The largest absolute Gasteiger partial charge is 0.497 e. The topological polar surface area (TPSA) is 88.6 Å². The van der Waals surface area contributed by atoms with Crippen molar-refractivity contribution in [1.82, 2.24) is 14.6 Å². The van der Waals surface area contributed by atoms with Gasteiger partial charge in [-0.15, -0.1) is 0 Å². The van der Waals surface area contributed by atoms with Crippen LogP contribution < -0.4 is 9.46 Å². The second kappa shape index (κ2) is 11.8. The quantitative estimate of drug-likeness (QED) is 0.493. The number of ether oxygens (including phenoxy) is 1. The van der Waals surface area contributed by atoms with Gasteiger partial charge in [-0.1, -0.05) is 31.6 Å². The lowest BCUT2D eigenvalue weighted by atomic mass is 9.70. The van der Waals surface area contributed by atoms with E-state index in [0.717, 1.165) is 17.6 Å². The number of methoxy groups -OCH3 is 1. The Labute approximate surface area is 209 Å². The van der Waals surface area contributed by atoms with E-state index in [1.807, 2.05) is 19.2 Å². The van der Waals surface area contributed by atoms with Gasteiger partial charge in [0.2, 0.25) is 15.9 Å². The molecule has 1 aromatic carbocycles. The molecule has 0 fully saturated rings. The lowest BCUT2D eigenvalue weighted by Gasteiger charge is -2.37. The van der Waals surface area contributed by atoms with Crippen molar-refractivity contribution >= 4 is 15.9 Å². The number of nitrogens with zero attached hydrogens (tertiary/aromatic N) is 2. The third-order valence-electron chi connectivity index (χ3n) is 6.95. The van der Waals surface area contributed by atoms with Gasteiger partial charge in [0.25, 0.3) is 0 Å². The Morgan fingerprint density at radius 3 is 2.54 bits per heavy atom. The van der Waals surface area contributed by atoms with Crippen molar-refractivity contribution in [3.8, 4) is 5.75 Å². The number of rotatable bonds is 10. The maximum Gasteiger partial charge on any atom is 0.240 e. The number of carbonyl (C=O) groups excluding carboxylic acids is 1. The van der Waals surface area contributed by atoms with Crippen molar-refractivity contribution in [2.75, 3.05) is 20.7 Å². The van der Waals surface area contributed by atoms with E-state index >= 15 is 0 Å². The molecule has 7 nitrogen and oxygen atoms in total. The first-order valence-corrected chi connectivity index (χ1v) is 13.5. The highest BCUT2D eigenvalue weighted by atomic mass is 32.2. The van der Waals surface area contributed by atoms with E-state index in [9.17, 15) is 13.2 Å². The maximum atomic E-state index is 13.0. The third kappa shape index (κ3) is 7.15. The first-order valence-electron chi connectivity index (χ1n) is 12.1. The van der Waals surface area contributed by atoms with Crippen molar-refractivity contribution in [2.24, 2.45) is 23.7 Å². The highest BCUT2D eigenvalue weighted by Gasteiger charge is 2.33. The predicted octanol–water partition coefficient (Wildman–Crippen LogP) is 4.27. The van der Waals surface area contributed by atoms with Gasteiger partial charge in [-0.05, 0) is 72.9 Å². The summed E-state index contributed by atoms with van der Waals surface area (Å²) < 4.78 is 33.6. The minimum Gasteiger partial charge on any atom is -0.497 e. The second-order valence-corrected chi connectivity index (χ2v) is 11.5. The molecule has 3 atom stereocenters. The first-order chi connectivity index (χ1) is 16.6. The Hall–Kier alpha value is -2.71. The summed E-state index contributed by atoms with van der Waals surface area (Å²) in [7, 11) is -0.251. The molecule has 3 rings (SSSR count). The Morgan fingerprint density at radius 2 is 1.94 bits per heavy atom. The average molecular weight is 500 g/mol. The molecule has 190 valence electrons. The van der Waals surface area contributed by atoms with E-state index in [1.165, 1.54) is 0 Å². The molecule has 1 aromatic heterocycles. The number of carbonyl (C=O) groups is 1. The fraction of sp³-hybridized carbons (Fsp3) is 0.481. The van der Waals surface area contributed by atoms with Crippen molar-refractivity contribution in [3.05, 3.63) is 66.0 Å². The predicted molar refractivity (Wildman–Crippen MR) is 137 cm³/mol. The van der Waals surface area contributed by atoms with Crippen LogP contribution in [0.25, 0.3) is 0 Å². The smallest absolute Gasteiger partial charge is 0.240 e. The van der Waals surface area contributed by atoms with Crippen LogP contribution in [0.15, 0.2) is 65.3 Å². The van der Waals surface area contributed by atoms with Gasteiger partial charge in [-0.2, -0.15) is 0 Å². The molecule has 0 bridgehead atoms. The second-order valence-electron chi connectivity index (χ2n) is 9.76. The van der Waals surface area contributed by atoms with Crippen LogP contribution in [-0.2, 0) is 21.4 Å². The van der Waals surface area contributed by atoms with Crippen LogP contribution >= 0.6 is 0 Å². The number of amides is 1. The van der Waals surface area contributed by atoms with Crippen molar-refractivity contribution in [2.45, 2.75) is 45.1 Å². The molecule has 1 aliphatic rings.